The summed E-state index contributed by atoms with van der Waals surface area (Å²) in [6, 6.07) is 6.84. The fourth-order valence-electron chi connectivity index (χ4n) is 1.85. The summed E-state index contributed by atoms with van der Waals surface area (Å²) in [5.74, 6) is 5.34. The van der Waals surface area contributed by atoms with Crippen LogP contribution >= 0.6 is 27.3 Å². The highest BCUT2D eigenvalue weighted by atomic mass is 79.9. The van der Waals surface area contributed by atoms with Crippen LogP contribution in [0, 0.1) is 12.7 Å². The minimum Gasteiger partial charge on any atom is -0.271 e. The fourth-order valence-corrected chi connectivity index (χ4v) is 3.41. The third-order valence-electron chi connectivity index (χ3n) is 2.81. The van der Waals surface area contributed by atoms with Gasteiger partial charge in [-0.05, 0) is 40.4 Å². The number of nitrogens with two attached hydrogens (primary N) is 1. The first-order valence-corrected chi connectivity index (χ1v) is 7.23. The highest BCUT2D eigenvalue weighted by Gasteiger charge is 2.17. The van der Waals surface area contributed by atoms with E-state index in [1.165, 1.54) is 6.07 Å². The molecule has 0 amide bonds. The first-order chi connectivity index (χ1) is 8.61. The second-order valence-corrected chi connectivity index (χ2v) is 6.00. The summed E-state index contributed by atoms with van der Waals surface area (Å²) < 4.78 is 14.9. The molecule has 1 atom stereocenters. The summed E-state index contributed by atoms with van der Waals surface area (Å²) in [7, 11) is 0. The molecule has 18 heavy (non-hydrogen) atoms. The predicted octanol–water partition coefficient (Wildman–Crippen LogP) is 3.71. The number of rotatable bonds is 4. The van der Waals surface area contributed by atoms with Gasteiger partial charge in [0.05, 0.1) is 6.04 Å². The van der Waals surface area contributed by atoms with Gasteiger partial charge in [0.2, 0.25) is 0 Å². The number of hydrogen-bond donors (Lipinski definition) is 2. The Morgan fingerprint density at radius 2 is 2.22 bits per heavy atom. The van der Waals surface area contributed by atoms with Crippen molar-refractivity contribution in [1.29, 1.82) is 0 Å². The molecule has 0 aliphatic rings. The summed E-state index contributed by atoms with van der Waals surface area (Å²) in [5, 5.41) is 2.00. The lowest BCUT2D eigenvalue weighted by Gasteiger charge is -2.17. The van der Waals surface area contributed by atoms with Crippen molar-refractivity contribution in [2.75, 3.05) is 0 Å². The largest absolute Gasteiger partial charge is 0.271 e. The van der Waals surface area contributed by atoms with Gasteiger partial charge in [-0.1, -0.05) is 17.7 Å². The monoisotopic (exact) mass is 328 g/mol. The van der Waals surface area contributed by atoms with E-state index in [0.717, 1.165) is 14.9 Å². The van der Waals surface area contributed by atoms with Crippen molar-refractivity contribution in [2.24, 2.45) is 5.84 Å². The molecule has 2 aromatic rings. The van der Waals surface area contributed by atoms with Crippen molar-refractivity contribution >= 4 is 27.3 Å². The Bertz CT molecular complexity index is 542. The van der Waals surface area contributed by atoms with E-state index in [4.69, 9.17) is 5.84 Å². The minimum absolute atomic E-state index is 0.222. The number of nitrogens with one attached hydrogen (secondary N) is 1. The van der Waals surface area contributed by atoms with Gasteiger partial charge in [-0.25, -0.2) is 4.39 Å². The van der Waals surface area contributed by atoms with Gasteiger partial charge in [0.15, 0.2) is 0 Å². The van der Waals surface area contributed by atoms with Crippen molar-refractivity contribution in [1.82, 2.24) is 5.43 Å². The van der Waals surface area contributed by atoms with Gasteiger partial charge in [0.25, 0.3) is 0 Å². The van der Waals surface area contributed by atoms with Crippen LogP contribution in [-0.2, 0) is 6.42 Å². The van der Waals surface area contributed by atoms with Crippen molar-refractivity contribution in [2.45, 2.75) is 19.4 Å². The molecule has 0 bridgehead atoms. The lowest BCUT2D eigenvalue weighted by molar-refractivity contribution is 0.512. The molecule has 0 saturated heterocycles. The first kappa shape index (κ1) is 13.7. The van der Waals surface area contributed by atoms with Crippen LogP contribution in [-0.4, -0.2) is 0 Å². The molecule has 0 fully saturated rings. The standard InChI is InChI=1S/C13H14BrFN2S/c1-8-2-3-11(15)9(6-8)12(17-16)7-13-10(14)4-5-18-13/h2-6,12,17H,7,16H2,1H3. The van der Waals surface area contributed by atoms with Crippen LogP contribution in [0.3, 0.4) is 0 Å². The molecule has 2 rings (SSSR count). The Labute approximate surface area is 118 Å². The van der Waals surface area contributed by atoms with Crippen LogP contribution < -0.4 is 11.3 Å². The van der Waals surface area contributed by atoms with Crippen molar-refractivity contribution in [3.63, 3.8) is 0 Å². The normalized spacial score (nSPS) is 12.7. The van der Waals surface area contributed by atoms with Crippen LogP contribution in [0.5, 0.6) is 0 Å². The Morgan fingerprint density at radius 3 is 2.83 bits per heavy atom. The molecule has 3 N–H and O–H groups in total. The molecule has 1 aromatic carbocycles. The van der Waals surface area contributed by atoms with Crippen molar-refractivity contribution in [3.8, 4) is 0 Å². The molecule has 0 aliphatic carbocycles. The fraction of sp³-hybridized carbons (Fsp3) is 0.231. The zero-order chi connectivity index (χ0) is 13.1. The summed E-state index contributed by atoms with van der Waals surface area (Å²) in [5.41, 5.74) is 4.33. The van der Waals surface area contributed by atoms with Gasteiger partial charge in [0.1, 0.15) is 5.82 Å². The SMILES string of the molecule is Cc1ccc(F)c(C(Cc2sccc2Br)NN)c1. The number of aryl methyl sites for hydroxylation is 1. The average Bonchev–Trinajstić information content (AvgIpc) is 2.75. The van der Waals surface area contributed by atoms with E-state index in [0.29, 0.717) is 12.0 Å². The van der Waals surface area contributed by atoms with Gasteiger partial charge in [-0.3, -0.25) is 11.3 Å². The van der Waals surface area contributed by atoms with Gasteiger partial charge in [-0.2, -0.15) is 0 Å². The molecule has 5 heteroatoms. The van der Waals surface area contributed by atoms with E-state index in [9.17, 15) is 4.39 Å². The first-order valence-electron chi connectivity index (χ1n) is 5.56. The molecule has 2 nitrogen and oxygen atoms in total. The second-order valence-electron chi connectivity index (χ2n) is 4.14. The summed E-state index contributed by atoms with van der Waals surface area (Å²) in [4.78, 5) is 1.15. The van der Waals surface area contributed by atoms with Crippen LogP contribution in [0.25, 0.3) is 0 Å². The molecule has 0 aliphatic heterocycles. The smallest absolute Gasteiger partial charge is 0.128 e. The van der Waals surface area contributed by atoms with Crippen LogP contribution in [0.1, 0.15) is 22.0 Å². The van der Waals surface area contributed by atoms with Crippen molar-refractivity contribution in [3.05, 3.63) is 55.9 Å². The summed E-state index contributed by atoms with van der Waals surface area (Å²) >= 11 is 5.11. The van der Waals surface area contributed by atoms with Crippen LogP contribution in [0.2, 0.25) is 0 Å². The number of thiophene rings is 1. The lowest BCUT2D eigenvalue weighted by atomic mass is 10.0. The van der Waals surface area contributed by atoms with Crippen molar-refractivity contribution < 1.29 is 4.39 Å². The molecule has 1 heterocycles. The summed E-state index contributed by atoms with van der Waals surface area (Å²) in [6.07, 6.45) is 0.662. The highest BCUT2D eigenvalue weighted by molar-refractivity contribution is 9.10. The highest BCUT2D eigenvalue weighted by Crippen LogP contribution is 2.29. The zero-order valence-corrected chi connectivity index (χ0v) is 12.3. The third-order valence-corrected chi connectivity index (χ3v) is 4.76. The minimum atomic E-state index is -0.226. The van der Waals surface area contributed by atoms with E-state index in [1.807, 2.05) is 24.4 Å². The lowest BCUT2D eigenvalue weighted by Crippen LogP contribution is -2.30. The molecular formula is C13H14BrFN2S. The van der Waals surface area contributed by atoms with E-state index < -0.39 is 0 Å². The number of hydrogen-bond acceptors (Lipinski definition) is 3. The topological polar surface area (TPSA) is 38.0 Å². The van der Waals surface area contributed by atoms with E-state index in [1.54, 1.807) is 17.4 Å². The quantitative estimate of drug-likeness (QED) is 0.663. The Hall–Kier alpha value is -0.750. The third kappa shape index (κ3) is 2.98. The maximum Gasteiger partial charge on any atom is 0.128 e. The molecule has 1 unspecified atom stereocenters. The number of halogens is 2. The molecule has 0 saturated carbocycles. The van der Waals surface area contributed by atoms with E-state index >= 15 is 0 Å². The second kappa shape index (κ2) is 5.93. The molecule has 1 aromatic heterocycles. The molecule has 96 valence electrons. The van der Waals surface area contributed by atoms with E-state index in [2.05, 4.69) is 21.4 Å². The van der Waals surface area contributed by atoms with Gasteiger partial charge >= 0.3 is 0 Å². The maximum atomic E-state index is 13.8. The molecule has 0 spiro atoms. The number of hydrazine groups is 1. The summed E-state index contributed by atoms with van der Waals surface area (Å²) in [6.45, 7) is 1.94. The Kier molecular flexibility index (Phi) is 4.50. The van der Waals surface area contributed by atoms with Crippen LogP contribution in [0.15, 0.2) is 34.1 Å². The van der Waals surface area contributed by atoms with Crippen LogP contribution in [0.4, 0.5) is 4.39 Å². The van der Waals surface area contributed by atoms with Gasteiger partial charge in [0, 0.05) is 21.3 Å². The maximum absolute atomic E-state index is 13.8. The van der Waals surface area contributed by atoms with Gasteiger partial charge < -0.3 is 0 Å². The average molecular weight is 329 g/mol. The zero-order valence-electron chi connectivity index (χ0n) is 9.91. The molecular weight excluding hydrogens is 315 g/mol. The Morgan fingerprint density at radius 1 is 1.44 bits per heavy atom. The Balaban J connectivity index is 2.28. The molecule has 0 radical (unpaired) electrons. The van der Waals surface area contributed by atoms with E-state index in [-0.39, 0.29) is 11.9 Å². The number of benzene rings is 1. The van der Waals surface area contributed by atoms with Gasteiger partial charge in [-0.15, -0.1) is 11.3 Å². The predicted molar refractivity (Wildman–Crippen MR) is 76.9 cm³/mol.